The number of carboxylic acids is 1. The minimum absolute atomic E-state index is 0.0324. The molecule has 0 aromatic carbocycles. The van der Waals surface area contributed by atoms with Crippen LogP contribution in [-0.2, 0) is 4.79 Å². The minimum atomic E-state index is -0.909. The number of carboxylic acid groups (broad SMARTS) is 1. The Morgan fingerprint density at radius 1 is 1.30 bits per heavy atom. The highest BCUT2D eigenvalue weighted by atomic mass is 16.5. The molecule has 2 amide bonds. The van der Waals surface area contributed by atoms with E-state index in [1.807, 2.05) is 0 Å². The van der Waals surface area contributed by atoms with Crippen LogP contribution in [-0.4, -0.2) is 59.3 Å². The van der Waals surface area contributed by atoms with Crippen molar-refractivity contribution in [3.05, 3.63) is 6.07 Å². The molecule has 2 N–H and O–H groups in total. The number of carbonyl (C=O) groups excluding carboxylic acids is 1. The second-order valence-corrected chi connectivity index (χ2v) is 4.15. The fourth-order valence-electron chi connectivity index (χ4n) is 1.64. The minimum Gasteiger partial charge on any atom is -0.481 e. The van der Waals surface area contributed by atoms with Crippen LogP contribution in [0.4, 0.5) is 10.7 Å². The number of likely N-dealkylation sites (tertiary alicyclic amines) is 1. The maximum Gasteiger partial charge on any atom is 0.324 e. The quantitative estimate of drug-likeness (QED) is 0.801. The van der Waals surface area contributed by atoms with Gasteiger partial charge in [-0.2, -0.15) is 9.97 Å². The first-order valence-corrected chi connectivity index (χ1v) is 5.79. The Bertz CT molecular complexity index is 507. The number of nitrogens with one attached hydrogen (secondary N) is 1. The van der Waals surface area contributed by atoms with Crippen LogP contribution >= 0.6 is 0 Å². The number of methoxy groups -OCH3 is 2. The predicted molar refractivity (Wildman–Crippen MR) is 66.9 cm³/mol. The molecule has 0 atom stereocenters. The summed E-state index contributed by atoms with van der Waals surface area (Å²) in [4.78, 5) is 31.7. The van der Waals surface area contributed by atoms with Gasteiger partial charge in [0.05, 0.1) is 26.2 Å². The van der Waals surface area contributed by atoms with Crippen LogP contribution in [0, 0.1) is 5.92 Å². The number of amides is 2. The molecule has 9 nitrogen and oxygen atoms in total. The lowest BCUT2D eigenvalue weighted by atomic mass is 10.0. The van der Waals surface area contributed by atoms with Crippen LogP contribution in [0.2, 0.25) is 0 Å². The first-order valence-electron chi connectivity index (χ1n) is 5.79. The van der Waals surface area contributed by atoms with Crippen molar-refractivity contribution >= 4 is 17.9 Å². The van der Waals surface area contributed by atoms with Crippen molar-refractivity contribution in [1.29, 1.82) is 0 Å². The zero-order valence-corrected chi connectivity index (χ0v) is 11.0. The predicted octanol–water partition coefficient (Wildman–Crippen LogP) is 0.0421. The molecule has 9 heteroatoms. The number of hydrogen-bond donors (Lipinski definition) is 2. The van der Waals surface area contributed by atoms with Gasteiger partial charge in [0.1, 0.15) is 0 Å². The first kappa shape index (κ1) is 13.8. The van der Waals surface area contributed by atoms with E-state index in [-0.39, 0.29) is 30.8 Å². The summed E-state index contributed by atoms with van der Waals surface area (Å²) in [5.74, 6) is -0.891. The lowest BCUT2D eigenvalue weighted by molar-refractivity contribution is -0.145. The van der Waals surface area contributed by atoms with Crippen molar-refractivity contribution in [1.82, 2.24) is 14.9 Å². The third kappa shape index (κ3) is 2.87. The maximum absolute atomic E-state index is 11.8. The summed E-state index contributed by atoms with van der Waals surface area (Å²) >= 11 is 0. The molecule has 0 spiro atoms. The van der Waals surface area contributed by atoms with Gasteiger partial charge >= 0.3 is 12.0 Å². The van der Waals surface area contributed by atoms with Gasteiger partial charge in [-0.3, -0.25) is 10.1 Å². The van der Waals surface area contributed by atoms with Gasteiger partial charge in [0.2, 0.25) is 17.7 Å². The van der Waals surface area contributed by atoms with Crippen molar-refractivity contribution in [2.45, 2.75) is 0 Å². The van der Waals surface area contributed by atoms with E-state index in [0.717, 1.165) is 0 Å². The van der Waals surface area contributed by atoms with Crippen LogP contribution in [0.15, 0.2) is 6.07 Å². The average Bonchev–Trinajstić information content (AvgIpc) is 2.35. The summed E-state index contributed by atoms with van der Waals surface area (Å²) in [6.45, 7) is 0.338. The molecule has 1 aromatic rings. The molecule has 0 radical (unpaired) electrons. The highest BCUT2D eigenvalue weighted by molar-refractivity contribution is 5.89. The number of aromatic nitrogens is 2. The number of aliphatic carboxylic acids is 1. The second-order valence-electron chi connectivity index (χ2n) is 4.15. The monoisotopic (exact) mass is 282 g/mol. The smallest absolute Gasteiger partial charge is 0.324 e. The number of ether oxygens (including phenoxy) is 2. The Morgan fingerprint density at radius 3 is 2.30 bits per heavy atom. The van der Waals surface area contributed by atoms with E-state index in [1.165, 1.54) is 25.2 Å². The van der Waals surface area contributed by atoms with Crippen LogP contribution < -0.4 is 14.8 Å². The molecule has 1 aromatic heterocycles. The summed E-state index contributed by atoms with van der Waals surface area (Å²) < 4.78 is 9.91. The molecule has 0 unspecified atom stereocenters. The van der Waals surface area contributed by atoms with Gasteiger partial charge in [0.25, 0.3) is 0 Å². The largest absolute Gasteiger partial charge is 0.481 e. The number of hydrogen-bond acceptors (Lipinski definition) is 6. The molecule has 20 heavy (non-hydrogen) atoms. The Morgan fingerprint density at radius 2 is 1.85 bits per heavy atom. The van der Waals surface area contributed by atoms with Gasteiger partial charge in [-0.1, -0.05) is 0 Å². The molecule has 0 saturated carbocycles. The lowest BCUT2D eigenvalue weighted by Crippen LogP contribution is -2.54. The van der Waals surface area contributed by atoms with Crippen molar-refractivity contribution < 1.29 is 24.2 Å². The number of nitrogens with zero attached hydrogens (tertiary/aromatic N) is 3. The van der Waals surface area contributed by atoms with Gasteiger partial charge < -0.3 is 19.5 Å². The third-order valence-electron chi connectivity index (χ3n) is 2.83. The normalized spacial score (nSPS) is 14.4. The SMILES string of the molecule is COc1cc(OC)nc(NC(=O)N2CC(C(=O)O)C2)n1. The molecule has 0 bridgehead atoms. The van der Waals surface area contributed by atoms with Crippen LogP contribution in [0.3, 0.4) is 0 Å². The highest BCUT2D eigenvalue weighted by Crippen LogP contribution is 2.20. The molecule has 1 fully saturated rings. The van der Waals surface area contributed by atoms with Crippen LogP contribution in [0.1, 0.15) is 0 Å². The highest BCUT2D eigenvalue weighted by Gasteiger charge is 2.35. The van der Waals surface area contributed by atoms with Crippen molar-refractivity contribution in [2.24, 2.45) is 5.92 Å². The van der Waals surface area contributed by atoms with Gasteiger partial charge in [-0.05, 0) is 0 Å². The fourth-order valence-corrected chi connectivity index (χ4v) is 1.64. The molecule has 2 rings (SSSR count). The average molecular weight is 282 g/mol. The molecular weight excluding hydrogens is 268 g/mol. The maximum atomic E-state index is 11.8. The molecule has 1 aliphatic heterocycles. The lowest BCUT2D eigenvalue weighted by Gasteiger charge is -2.36. The summed E-state index contributed by atoms with van der Waals surface area (Å²) in [6.07, 6.45) is 0. The summed E-state index contributed by atoms with van der Waals surface area (Å²) in [5.41, 5.74) is 0. The van der Waals surface area contributed by atoms with E-state index in [1.54, 1.807) is 0 Å². The van der Waals surface area contributed by atoms with Gasteiger partial charge in [-0.25, -0.2) is 4.79 Å². The fraction of sp³-hybridized carbons (Fsp3) is 0.455. The third-order valence-corrected chi connectivity index (χ3v) is 2.83. The Kier molecular flexibility index (Phi) is 3.87. The summed E-state index contributed by atoms with van der Waals surface area (Å²) in [6, 6.07) is 1.01. The van der Waals surface area contributed by atoms with E-state index in [2.05, 4.69) is 15.3 Å². The van der Waals surface area contributed by atoms with Crippen molar-refractivity contribution in [2.75, 3.05) is 32.6 Å². The van der Waals surface area contributed by atoms with Crippen LogP contribution in [0.5, 0.6) is 11.8 Å². The van der Waals surface area contributed by atoms with E-state index in [0.29, 0.717) is 0 Å². The number of carbonyl (C=O) groups is 2. The molecule has 1 saturated heterocycles. The van der Waals surface area contributed by atoms with Crippen LogP contribution in [0.25, 0.3) is 0 Å². The van der Waals surface area contributed by atoms with E-state index in [9.17, 15) is 9.59 Å². The van der Waals surface area contributed by atoms with E-state index >= 15 is 0 Å². The summed E-state index contributed by atoms with van der Waals surface area (Å²) in [7, 11) is 2.86. The summed E-state index contributed by atoms with van der Waals surface area (Å²) in [5, 5.41) is 11.2. The van der Waals surface area contributed by atoms with E-state index in [4.69, 9.17) is 14.6 Å². The molecular formula is C11H14N4O5. The topological polar surface area (TPSA) is 114 Å². The second kappa shape index (κ2) is 5.59. The molecule has 1 aliphatic rings. The van der Waals surface area contributed by atoms with Gasteiger partial charge in [-0.15, -0.1) is 0 Å². The van der Waals surface area contributed by atoms with Gasteiger partial charge in [0.15, 0.2) is 0 Å². The zero-order chi connectivity index (χ0) is 14.7. The van der Waals surface area contributed by atoms with Gasteiger partial charge in [0, 0.05) is 13.1 Å². The van der Waals surface area contributed by atoms with Crippen molar-refractivity contribution in [3.63, 3.8) is 0 Å². The number of anilines is 1. The molecule has 2 heterocycles. The molecule has 108 valence electrons. The van der Waals surface area contributed by atoms with Crippen molar-refractivity contribution in [3.8, 4) is 11.8 Å². The Hall–Kier alpha value is -2.58. The Balaban J connectivity index is 1.99. The standard InChI is InChI=1S/C11H14N4O5/c1-19-7-3-8(20-2)13-10(12-7)14-11(18)15-4-6(5-15)9(16)17/h3,6H,4-5H2,1-2H3,(H,16,17)(H,12,13,14,18). The number of urea groups is 1. The molecule has 0 aliphatic carbocycles. The first-order chi connectivity index (χ1) is 9.53. The van der Waals surface area contributed by atoms with E-state index < -0.39 is 17.9 Å². The number of rotatable bonds is 4. The zero-order valence-electron chi connectivity index (χ0n) is 11.0. The Labute approximate surface area is 114 Å².